The van der Waals surface area contributed by atoms with Crippen molar-refractivity contribution < 1.29 is 9.53 Å². The van der Waals surface area contributed by atoms with E-state index in [2.05, 4.69) is 19.9 Å². The maximum atomic E-state index is 11.4. The van der Waals surface area contributed by atoms with E-state index in [0.717, 1.165) is 5.69 Å². The Morgan fingerprint density at radius 1 is 1.57 bits per heavy atom. The van der Waals surface area contributed by atoms with Crippen LogP contribution in [-0.2, 0) is 4.74 Å². The SMILES string of the molecule is COC(=O)c1cc(C)nc2[nH]ncc12. The molecule has 0 bridgehead atoms. The Kier molecular flexibility index (Phi) is 1.92. The van der Waals surface area contributed by atoms with Gasteiger partial charge in [0.15, 0.2) is 5.65 Å². The van der Waals surface area contributed by atoms with Crippen LogP contribution < -0.4 is 0 Å². The molecule has 2 heterocycles. The summed E-state index contributed by atoms with van der Waals surface area (Å²) in [5.41, 5.74) is 1.84. The first kappa shape index (κ1) is 8.68. The van der Waals surface area contributed by atoms with Crippen molar-refractivity contribution in [1.29, 1.82) is 0 Å². The normalized spacial score (nSPS) is 10.4. The van der Waals surface area contributed by atoms with Crippen molar-refractivity contribution in [3.63, 3.8) is 0 Å². The second-order valence-corrected chi connectivity index (χ2v) is 2.94. The summed E-state index contributed by atoms with van der Waals surface area (Å²) in [6.45, 7) is 1.81. The lowest BCUT2D eigenvalue weighted by Gasteiger charge is -2.01. The van der Waals surface area contributed by atoms with Crippen LogP contribution >= 0.6 is 0 Å². The predicted octanol–water partition coefficient (Wildman–Crippen LogP) is 1.05. The van der Waals surface area contributed by atoms with Crippen LogP contribution in [0.5, 0.6) is 0 Å². The molecular formula is C9H9N3O2. The fraction of sp³-hybridized carbons (Fsp3) is 0.222. The first-order valence-electron chi connectivity index (χ1n) is 4.11. The van der Waals surface area contributed by atoms with Gasteiger partial charge >= 0.3 is 5.97 Å². The van der Waals surface area contributed by atoms with Gasteiger partial charge in [-0.1, -0.05) is 0 Å². The summed E-state index contributed by atoms with van der Waals surface area (Å²) in [5, 5.41) is 7.22. The summed E-state index contributed by atoms with van der Waals surface area (Å²) in [6, 6.07) is 1.68. The summed E-state index contributed by atoms with van der Waals surface area (Å²) in [5.74, 6) is -0.373. The zero-order valence-corrected chi connectivity index (χ0v) is 7.87. The molecule has 2 aromatic rings. The summed E-state index contributed by atoms with van der Waals surface area (Å²) < 4.78 is 4.66. The van der Waals surface area contributed by atoms with Gasteiger partial charge in [-0.25, -0.2) is 9.78 Å². The Hall–Kier alpha value is -1.91. The highest BCUT2D eigenvalue weighted by Crippen LogP contribution is 2.16. The largest absolute Gasteiger partial charge is 0.465 e. The Balaban J connectivity index is 2.72. The highest BCUT2D eigenvalue weighted by molar-refractivity contribution is 6.02. The van der Waals surface area contributed by atoms with Gasteiger partial charge in [0.2, 0.25) is 0 Å². The average Bonchev–Trinajstić information content (AvgIpc) is 2.62. The summed E-state index contributed by atoms with van der Waals surface area (Å²) in [4.78, 5) is 15.6. The van der Waals surface area contributed by atoms with E-state index in [-0.39, 0.29) is 5.97 Å². The lowest BCUT2D eigenvalue weighted by atomic mass is 10.1. The van der Waals surface area contributed by atoms with Crippen molar-refractivity contribution >= 4 is 17.0 Å². The molecule has 0 radical (unpaired) electrons. The highest BCUT2D eigenvalue weighted by atomic mass is 16.5. The number of methoxy groups -OCH3 is 1. The molecule has 0 saturated carbocycles. The van der Waals surface area contributed by atoms with Crippen LogP contribution in [-0.4, -0.2) is 28.3 Å². The molecule has 0 spiro atoms. The van der Waals surface area contributed by atoms with E-state index in [1.165, 1.54) is 7.11 Å². The van der Waals surface area contributed by atoms with Crippen LogP contribution in [0.25, 0.3) is 11.0 Å². The quantitative estimate of drug-likeness (QED) is 0.684. The number of aromatic amines is 1. The molecule has 2 aromatic heterocycles. The van der Waals surface area contributed by atoms with Gasteiger partial charge in [-0.2, -0.15) is 5.10 Å². The van der Waals surface area contributed by atoms with Crippen molar-refractivity contribution in [3.05, 3.63) is 23.5 Å². The molecule has 1 N–H and O–H groups in total. The van der Waals surface area contributed by atoms with Crippen molar-refractivity contribution in [1.82, 2.24) is 15.2 Å². The number of rotatable bonds is 1. The summed E-state index contributed by atoms with van der Waals surface area (Å²) in [6.07, 6.45) is 1.56. The summed E-state index contributed by atoms with van der Waals surface area (Å²) >= 11 is 0. The number of carbonyl (C=O) groups is 1. The predicted molar refractivity (Wildman–Crippen MR) is 50.0 cm³/mol. The molecular weight excluding hydrogens is 182 g/mol. The average molecular weight is 191 g/mol. The summed E-state index contributed by atoms with van der Waals surface area (Å²) in [7, 11) is 1.35. The van der Waals surface area contributed by atoms with Crippen LogP contribution in [0.15, 0.2) is 12.3 Å². The third kappa shape index (κ3) is 1.22. The van der Waals surface area contributed by atoms with E-state index in [0.29, 0.717) is 16.6 Å². The van der Waals surface area contributed by atoms with Gasteiger partial charge in [-0.3, -0.25) is 5.10 Å². The number of pyridine rings is 1. The smallest absolute Gasteiger partial charge is 0.338 e. The Bertz CT molecular complexity index is 490. The third-order valence-electron chi connectivity index (χ3n) is 1.96. The number of aryl methyl sites for hydroxylation is 1. The molecule has 0 fully saturated rings. The number of nitrogens with one attached hydrogen (secondary N) is 1. The van der Waals surface area contributed by atoms with Gasteiger partial charge in [-0.15, -0.1) is 0 Å². The van der Waals surface area contributed by atoms with Crippen LogP contribution in [0.4, 0.5) is 0 Å². The standard InChI is InChI=1S/C9H9N3O2/c1-5-3-6(9(13)14-2)7-4-10-12-8(7)11-5/h3-4H,1-2H3,(H,10,11,12). The second-order valence-electron chi connectivity index (χ2n) is 2.94. The Morgan fingerprint density at radius 2 is 2.36 bits per heavy atom. The van der Waals surface area contributed by atoms with Crippen molar-refractivity contribution in [2.24, 2.45) is 0 Å². The van der Waals surface area contributed by atoms with E-state index >= 15 is 0 Å². The van der Waals surface area contributed by atoms with E-state index in [9.17, 15) is 4.79 Å². The maximum Gasteiger partial charge on any atom is 0.338 e. The van der Waals surface area contributed by atoms with Gasteiger partial charge in [-0.05, 0) is 13.0 Å². The monoisotopic (exact) mass is 191 g/mol. The molecule has 0 aromatic carbocycles. The van der Waals surface area contributed by atoms with Gasteiger partial charge in [0.1, 0.15) is 0 Å². The first-order chi connectivity index (χ1) is 6.72. The van der Waals surface area contributed by atoms with E-state index in [1.807, 2.05) is 6.92 Å². The second kappa shape index (κ2) is 3.10. The van der Waals surface area contributed by atoms with Gasteiger partial charge in [0, 0.05) is 5.69 Å². The van der Waals surface area contributed by atoms with Gasteiger partial charge in [0.25, 0.3) is 0 Å². The molecule has 5 nitrogen and oxygen atoms in total. The van der Waals surface area contributed by atoms with Crippen LogP contribution in [0.3, 0.4) is 0 Å². The molecule has 0 aliphatic heterocycles. The lowest BCUT2D eigenvalue weighted by molar-refractivity contribution is 0.0603. The van der Waals surface area contributed by atoms with Crippen LogP contribution in [0, 0.1) is 6.92 Å². The zero-order chi connectivity index (χ0) is 10.1. The molecule has 14 heavy (non-hydrogen) atoms. The highest BCUT2D eigenvalue weighted by Gasteiger charge is 2.12. The number of aromatic nitrogens is 3. The fourth-order valence-electron chi connectivity index (χ4n) is 1.34. The number of hydrogen-bond acceptors (Lipinski definition) is 4. The first-order valence-corrected chi connectivity index (χ1v) is 4.11. The molecule has 2 rings (SSSR count). The molecule has 0 saturated heterocycles. The zero-order valence-electron chi connectivity index (χ0n) is 7.87. The number of carbonyl (C=O) groups excluding carboxylic acids is 1. The molecule has 0 aliphatic carbocycles. The topological polar surface area (TPSA) is 67.9 Å². The molecule has 0 amide bonds. The van der Waals surface area contributed by atoms with Crippen molar-refractivity contribution in [2.75, 3.05) is 7.11 Å². The van der Waals surface area contributed by atoms with Crippen molar-refractivity contribution in [2.45, 2.75) is 6.92 Å². The number of ether oxygens (including phenoxy) is 1. The minimum absolute atomic E-state index is 0.373. The molecule has 72 valence electrons. The minimum Gasteiger partial charge on any atom is -0.465 e. The van der Waals surface area contributed by atoms with E-state index < -0.39 is 0 Å². The maximum absolute atomic E-state index is 11.4. The molecule has 5 heteroatoms. The van der Waals surface area contributed by atoms with E-state index in [1.54, 1.807) is 12.3 Å². The molecule has 0 aliphatic rings. The van der Waals surface area contributed by atoms with E-state index in [4.69, 9.17) is 0 Å². The van der Waals surface area contributed by atoms with Crippen LogP contribution in [0.1, 0.15) is 16.1 Å². The van der Waals surface area contributed by atoms with Gasteiger partial charge < -0.3 is 4.74 Å². The molecule has 0 unspecified atom stereocenters. The van der Waals surface area contributed by atoms with Crippen LogP contribution in [0.2, 0.25) is 0 Å². The number of nitrogens with zero attached hydrogens (tertiary/aromatic N) is 2. The number of H-pyrrole nitrogens is 1. The third-order valence-corrected chi connectivity index (χ3v) is 1.96. The van der Waals surface area contributed by atoms with Gasteiger partial charge in [0.05, 0.1) is 24.3 Å². The van der Waals surface area contributed by atoms with Crippen molar-refractivity contribution in [3.8, 4) is 0 Å². The Labute approximate surface area is 80.1 Å². The number of hydrogen-bond donors (Lipinski definition) is 1. The minimum atomic E-state index is -0.373. The Morgan fingerprint density at radius 3 is 3.07 bits per heavy atom. The number of fused-ring (bicyclic) bond motifs is 1. The molecule has 0 atom stereocenters. The fourth-order valence-corrected chi connectivity index (χ4v) is 1.34. The number of esters is 1. The lowest BCUT2D eigenvalue weighted by Crippen LogP contribution is -2.03.